The van der Waals surface area contributed by atoms with Crippen molar-refractivity contribution in [2.45, 2.75) is 13.0 Å². The van der Waals surface area contributed by atoms with E-state index in [-0.39, 0.29) is 0 Å². The zero-order valence-corrected chi connectivity index (χ0v) is 11.2. The van der Waals surface area contributed by atoms with Crippen molar-refractivity contribution in [3.8, 4) is 11.5 Å². The van der Waals surface area contributed by atoms with Crippen molar-refractivity contribution in [1.29, 1.82) is 0 Å². The largest absolute Gasteiger partial charge is 0.497 e. The first-order valence-electron chi connectivity index (χ1n) is 6.07. The van der Waals surface area contributed by atoms with Gasteiger partial charge in [0.1, 0.15) is 24.4 Å². The molecule has 1 heterocycles. The van der Waals surface area contributed by atoms with Crippen LogP contribution in [0.15, 0.2) is 24.5 Å². The SMILES string of the molecule is COc1ccc(CCN)c(OCc2ncnn2C)c1. The van der Waals surface area contributed by atoms with E-state index in [1.165, 1.54) is 6.33 Å². The first kappa shape index (κ1) is 13.4. The Morgan fingerprint density at radius 1 is 1.37 bits per heavy atom. The average molecular weight is 262 g/mol. The fourth-order valence-electron chi connectivity index (χ4n) is 1.75. The fraction of sp³-hybridized carbons (Fsp3) is 0.385. The van der Waals surface area contributed by atoms with Gasteiger partial charge in [0.25, 0.3) is 0 Å². The van der Waals surface area contributed by atoms with E-state index in [4.69, 9.17) is 15.2 Å². The first-order chi connectivity index (χ1) is 9.24. The third kappa shape index (κ3) is 3.23. The van der Waals surface area contributed by atoms with Gasteiger partial charge in [0.2, 0.25) is 0 Å². The van der Waals surface area contributed by atoms with Crippen LogP contribution in [0.5, 0.6) is 11.5 Å². The van der Waals surface area contributed by atoms with Crippen molar-refractivity contribution < 1.29 is 9.47 Å². The van der Waals surface area contributed by atoms with Crippen molar-refractivity contribution in [2.75, 3.05) is 13.7 Å². The van der Waals surface area contributed by atoms with Crippen LogP contribution in [0.2, 0.25) is 0 Å². The molecule has 0 aliphatic heterocycles. The average Bonchev–Trinajstić information content (AvgIpc) is 2.83. The van der Waals surface area contributed by atoms with Gasteiger partial charge in [-0.2, -0.15) is 5.10 Å². The van der Waals surface area contributed by atoms with Crippen LogP contribution in [0.25, 0.3) is 0 Å². The predicted molar refractivity (Wildman–Crippen MR) is 71.1 cm³/mol. The van der Waals surface area contributed by atoms with Crippen LogP contribution in [0.3, 0.4) is 0 Å². The lowest BCUT2D eigenvalue weighted by Gasteiger charge is -2.12. The molecule has 2 N–H and O–H groups in total. The maximum Gasteiger partial charge on any atom is 0.164 e. The van der Waals surface area contributed by atoms with Crippen LogP contribution < -0.4 is 15.2 Å². The highest BCUT2D eigenvalue weighted by Crippen LogP contribution is 2.25. The minimum absolute atomic E-state index is 0.362. The minimum Gasteiger partial charge on any atom is -0.497 e. The quantitative estimate of drug-likeness (QED) is 0.837. The Morgan fingerprint density at radius 3 is 2.84 bits per heavy atom. The summed E-state index contributed by atoms with van der Waals surface area (Å²) in [5, 5.41) is 4.00. The lowest BCUT2D eigenvalue weighted by molar-refractivity contribution is 0.285. The molecule has 2 rings (SSSR count). The van der Waals surface area contributed by atoms with Crippen molar-refractivity contribution in [3.05, 3.63) is 35.9 Å². The topological polar surface area (TPSA) is 75.2 Å². The van der Waals surface area contributed by atoms with Gasteiger partial charge in [0, 0.05) is 13.1 Å². The van der Waals surface area contributed by atoms with E-state index in [9.17, 15) is 0 Å². The molecule has 0 radical (unpaired) electrons. The van der Waals surface area contributed by atoms with Gasteiger partial charge in [-0.1, -0.05) is 6.07 Å². The van der Waals surface area contributed by atoms with Crippen molar-refractivity contribution in [2.24, 2.45) is 12.8 Å². The summed E-state index contributed by atoms with van der Waals surface area (Å²) in [6, 6.07) is 5.74. The highest BCUT2D eigenvalue weighted by Gasteiger charge is 2.08. The van der Waals surface area contributed by atoms with Gasteiger partial charge in [-0.25, -0.2) is 4.98 Å². The van der Waals surface area contributed by atoms with E-state index in [2.05, 4.69) is 10.1 Å². The third-order valence-electron chi connectivity index (χ3n) is 2.85. The summed E-state index contributed by atoms with van der Waals surface area (Å²) in [4.78, 5) is 4.12. The molecule has 102 valence electrons. The highest BCUT2D eigenvalue weighted by molar-refractivity contribution is 5.41. The number of benzene rings is 1. The Kier molecular flexibility index (Phi) is 4.35. The number of ether oxygens (including phenoxy) is 2. The zero-order valence-electron chi connectivity index (χ0n) is 11.2. The number of hydrogen-bond donors (Lipinski definition) is 1. The molecule has 6 nitrogen and oxygen atoms in total. The molecule has 0 aliphatic carbocycles. The van der Waals surface area contributed by atoms with Gasteiger partial charge < -0.3 is 15.2 Å². The molecule has 0 aliphatic rings. The molecule has 6 heteroatoms. The summed E-state index contributed by atoms with van der Waals surface area (Å²) in [7, 11) is 3.46. The molecule has 0 atom stereocenters. The van der Waals surface area contributed by atoms with E-state index in [1.54, 1.807) is 11.8 Å². The molecule has 0 spiro atoms. The molecule has 0 unspecified atom stereocenters. The van der Waals surface area contributed by atoms with Gasteiger partial charge in [-0.05, 0) is 24.6 Å². The molecule has 0 saturated carbocycles. The van der Waals surface area contributed by atoms with Crippen LogP contribution in [-0.4, -0.2) is 28.4 Å². The molecule has 0 saturated heterocycles. The van der Waals surface area contributed by atoms with E-state index in [0.717, 1.165) is 29.3 Å². The Labute approximate surface area is 112 Å². The molecule has 0 bridgehead atoms. The first-order valence-corrected chi connectivity index (χ1v) is 6.07. The van der Waals surface area contributed by atoms with Crippen LogP contribution in [0.1, 0.15) is 11.4 Å². The summed E-state index contributed by atoms with van der Waals surface area (Å²) in [6.07, 6.45) is 2.27. The van der Waals surface area contributed by atoms with Crippen LogP contribution in [0.4, 0.5) is 0 Å². The number of rotatable bonds is 6. The second-order valence-corrected chi connectivity index (χ2v) is 4.10. The minimum atomic E-state index is 0.362. The third-order valence-corrected chi connectivity index (χ3v) is 2.85. The van der Waals surface area contributed by atoms with E-state index in [0.29, 0.717) is 13.2 Å². The Hall–Kier alpha value is -2.08. The Balaban J connectivity index is 2.15. The van der Waals surface area contributed by atoms with E-state index >= 15 is 0 Å². The van der Waals surface area contributed by atoms with Gasteiger partial charge in [-0.15, -0.1) is 0 Å². The number of hydrogen-bond acceptors (Lipinski definition) is 5. The number of aromatic nitrogens is 3. The normalized spacial score (nSPS) is 10.5. The zero-order chi connectivity index (χ0) is 13.7. The number of nitrogens with zero attached hydrogens (tertiary/aromatic N) is 3. The standard InChI is InChI=1S/C13H18N4O2/c1-17-13(15-9-16-17)8-19-12-7-11(18-2)4-3-10(12)5-6-14/h3-4,7,9H,5-6,8,14H2,1-2H3. The van der Waals surface area contributed by atoms with Crippen LogP contribution >= 0.6 is 0 Å². The molecule has 1 aromatic heterocycles. The summed E-state index contributed by atoms with van der Waals surface area (Å²) in [6.45, 7) is 0.938. The van der Waals surface area contributed by atoms with Gasteiger partial charge in [0.15, 0.2) is 5.82 Å². The summed E-state index contributed by atoms with van der Waals surface area (Å²) in [5.74, 6) is 2.29. The summed E-state index contributed by atoms with van der Waals surface area (Å²) < 4.78 is 12.7. The lowest BCUT2D eigenvalue weighted by atomic mass is 10.1. The molecule has 0 fully saturated rings. The van der Waals surface area contributed by atoms with Gasteiger partial charge in [0.05, 0.1) is 7.11 Å². The maximum absolute atomic E-state index is 5.80. The molecule has 0 amide bonds. The highest BCUT2D eigenvalue weighted by atomic mass is 16.5. The summed E-state index contributed by atoms with van der Waals surface area (Å²) in [5.41, 5.74) is 6.66. The number of methoxy groups -OCH3 is 1. The molecular weight excluding hydrogens is 244 g/mol. The van der Waals surface area contributed by atoms with Crippen molar-refractivity contribution >= 4 is 0 Å². The van der Waals surface area contributed by atoms with Crippen molar-refractivity contribution in [3.63, 3.8) is 0 Å². The Morgan fingerprint density at radius 2 is 2.21 bits per heavy atom. The smallest absolute Gasteiger partial charge is 0.164 e. The molecule has 2 aromatic rings. The summed E-state index contributed by atoms with van der Waals surface area (Å²) >= 11 is 0. The lowest BCUT2D eigenvalue weighted by Crippen LogP contribution is -2.08. The Bertz CT molecular complexity index is 539. The fourth-order valence-corrected chi connectivity index (χ4v) is 1.75. The molecule has 1 aromatic carbocycles. The second kappa shape index (κ2) is 6.19. The second-order valence-electron chi connectivity index (χ2n) is 4.10. The van der Waals surface area contributed by atoms with Crippen molar-refractivity contribution in [1.82, 2.24) is 14.8 Å². The number of aryl methyl sites for hydroxylation is 1. The van der Waals surface area contributed by atoms with Gasteiger partial charge >= 0.3 is 0 Å². The molecular formula is C13H18N4O2. The molecule has 19 heavy (non-hydrogen) atoms. The van der Waals surface area contributed by atoms with Crippen LogP contribution in [0, 0.1) is 0 Å². The van der Waals surface area contributed by atoms with Gasteiger partial charge in [-0.3, -0.25) is 4.68 Å². The maximum atomic E-state index is 5.80. The van der Waals surface area contributed by atoms with E-state index in [1.807, 2.05) is 25.2 Å². The van der Waals surface area contributed by atoms with E-state index < -0.39 is 0 Å². The van der Waals surface area contributed by atoms with Crippen LogP contribution in [-0.2, 0) is 20.1 Å². The number of nitrogens with two attached hydrogens (primary N) is 1. The monoisotopic (exact) mass is 262 g/mol. The predicted octanol–water partition coefficient (Wildman–Crippen LogP) is 0.904.